The van der Waals surface area contributed by atoms with E-state index in [0.717, 1.165) is 6.07 Å². The summed E-state index contributed by atoms with van der Waals surface area (Å²) in [5, 5.41) is 8.94. The van der Waals surface area contributed by atoms with Gasteiger partial charge < -0.3 is 10.5 Å². The second-order valence-electron chi connectivity index (χ2n) is 4.27. The standard InChI is InChI=1S/C15H12F2N2O/c1-9(19)15-12(17)5-3-7-14(15)20-13-6-2-4-11(16)10(13)8-18/h2-7,9H,19H2,1H3/t9-/m0/s1. The van der Waals surface area contributed by atoms with E-state index in [4.69, 9.17) is 15.7 Å². The molecule has 0 aliphatic rings. The van der Waals surface area contributed by atoms with Crippen molar-refractivity contribution in [1.29, 1.82) is 5.26 Å². The lowest BCUT2D eigenvalue weighted by Gasteiger charge is -2.15. The molecule has 2 N–H and O–H groups in total. The van der Waals surface area contributed by atoms with Gasteiger partial charge in [-0.05, 0) is 31.2 Å². The number of halogens is 2. The van der Waals surface area contributed by atoms with Crippen molar-refractivity contribution in [2.75, 3.05) is 0 Å². The molecule has 0 aliphatic heterocycles. The van der Waals surface area contributed by atoms with Gasteiger partial charge in [0, 0.05) is 11.6 Å². The van der Waals surface area contributed by atoms with Crippen molar-refractivity contribution < 1.29 is 13.5 Å². The molecular formula is C15H12F2N2O. The minimum absolute atomic E-state index is 0.0278. The van der Waals surface area contributed by atoms with E-state index in [-0.39, 0.29) is 22.6 Å². The number of nitriles is 1. The highest BCUT2D eigenvalue weighted by atomic mass is 19.1. The molecule has 0 radical (unpaired) electrons. The SMILES string of the molecule is C[C@H](N)c1c(F)cccc1Oc1cccc(F)c1C#N. The van der Waals surface area contributed by atoms with E-state index < -0.39 is 17.7 Å². The summed E-state index contributed by atoms with van der Waals surface area (Å²) in [6.07, 6.45) is 0. The van der Waals surface area contributed by atoms with Crippen molar-refractivity contribution in [2.24, 2.45) is 5.73 Å². The van der Waals surface area contributed by atoms with Crippen LogP contribution in [-0.4, -0.2) is 0 Å². The third kappa shape index (κ3) is 2.60. The molecule has 3 nitrogen and oxygen atoms in total. The van der Waals surface area contributed by atoms with E-state index in [9.17, 15) is 8.78 Å². The average Bonchev–Trinajstić information content (AvgIpc) is 2.38. The van der Waals surface area contributed by atoms with Crippen molar-refractivity contribution in [2.45, 2.75) is 13.0 Å². The van der Waals surface area contributed by atoms with Crippen LogP contribution in [0.4, 0.5) is 8.78 Å². The Labute approximate surface area is 115 Å². The fraction of sp³-hybridized carbons (Fsp3) is 0.133. The molecular weight excluding hydrogens is 262 g/mol. The van der Waals surface area contributed by atoms with Gasteiger partial charge in [-0.25, -0.2) is 8.78 Å². The molecule has 2 rings (SSSR count). The Kier molecular flexibility index (Phi) is 3.97. The topological polar surface area (TPSA) is 59.0 Å². The molecule has 0 bridgehead atoms. The smallest absolute Gasteiger partial charge is 0.148 e. The highest BCUT2D eigenvalue weighted by Gasteiger charge is 2.16. The van der Waals surface area contributed by atoms with E-state index in [1.54, 1.807) is 13.0 Å². The van der Waals surface area contributed by atoms with Crippen LogP contribution < -0.4 is 10.5 Å². The first kappa shape index (κ1) is 14.0. The lowest BCUT2D eigenvalue weighted by atomic mass is 10.1. The molecule has 0 heterocycles. The van der Waals surface area contributed by atoms with Gasteiger partial charge in [0.1, 0.15) is 34.8 Å². The minimum atomic E-state index is -0.691. The number of nitrogens with two attached hydrogens (primary N) is 1. The molecule has 0 fully saturated rings. The van der Waals surface area contributed by atoms with Crippen LogP contribution in [0, 0.1) is 23.0 Å². The van der Waals surface area contributed by atoms with Crippen LogP contribution in [0.25, 0.3) is 0 Å². The Hall–Kier alpha value is -2.45. The first-order valence-electron chi connectivity index (χ1n) is 5.95. The quantitative estimate of drug-likeness (QED) is 0.929. The normalized spacial score (nSPS) is 11.8. The summed E-state index contributed by atoms with van der Waals surface area (Å²) in [7, 11) is 0. The molecule has 102 valence electrons. The molecule has 0 saturated heterocycles. The lowest BCUT2D eigenvalue weighted by Crippen LogP contribution is -2.09. The maximum atomic E-state index is 13.8. The van der Waals surface area contributed by atoms with E-state index in [1.165, 1.54) is 30.3 Å². The van der Waals surface area contributed by atoms with Gasteiger partial charge in [0.15, 0.2) is 0 Å². The van der Waals surface area contributed by atoms with Gasteiger partial charge in [0.05, 0.1) is 0 Å². The van der Waals surface area contributed by atoms with Crippen LogP contribution in [0.1, 0.15) is 24.1 Å². The van der Waals surface area contributed by atoms with E-state index in [1.807, 2.05) is 0 Å². The van der Waals surface area contributed by atoms with Gasteiger partial charge in [-0.1, -0.05) is 12.1 Å². The van der Waals surface area contributed by atoms with Crippen LogP contribution in [0.5, 0.6) is 11.5 Å². The molecule has 2 aromatic carbocycles. The fourth-order valence-corrected chi connectivity index (χ4v) is 1.86. The predicted octanol–water partition coefficient (Wildman–Crippen LogP) is 3.65. The lowest BCUT2D eigenvalue weighted by molar-refractivity contribution is 0.455. The van der Waals surface area contributed by atoms with E-state index in [2.05, 4.69) is 0 Å². The predicted molar refractivity (Wildman–Crippen MR) is 70.2 cm³/mol. The van der Waals surface area contributed by atoms with E-state index >= 15 is 0 Å². The van der Waals surface area contributed by atoms with Gasteiger partial charge in [-0.2, -0.15) is 5.26 Å². The molecule has 0 aliphatic carbocycles. The molecule has 20 heavy (non-hydrogen) atoms. The molecule has 0 spiro atoms. The molecule has 5 heteroatoms. The van der Waals surface area contributed by atoms with Crippen LogP contribution in [0.2, 0.25) is 0 Å². The molecule has 0 unspecified atom stereocenters. The average molecular weight is 274 g/mol. The summed E-state index contributed by atoms with van der Waals surface area (Å²) in [5.74, 6) is -1.00. The monoisotopic (exact) mass is 274 g/mol. The van der Waals surface area contributed by atoms with Crippen molar-refractivity contribution in [3.8, 4) is 17.6 Å². The Bertz CT molecular complexity index is 678. The summed E-state index contributed by atoms with van der Waals surface area (Å²) in [5.41, 5.74) is 5.66. The highest BCUT2D eigenvalue weighted by molar-refractivity contribution is 5.48. The zero-order valence-corrected chi connectivity index (χ0v) is 10.7. The third-order valence-electron chi connectivity index (χ3n) is 2.78. The van der Waals surface area contributed by atoms with Crippen LogP contribution in [0.15, 0.2) is 36.4 Å². The van der Waals surface area contributed by atoms with Gasteiger partial charge >= 0.3 is 0 Å². The largest absolute Gasteiger partial charge is 0.455 e. The Morgan fingerprint density at radius 3 is 2.30 bits per heavy atom. The Morgan fingerprint density at radius 1 is 1.10 bits per heavy atom. The second-order valence-corrected chi connectivity index (χ2v) is 4.27. The zero-order valence-electron chi connectivity index (χ0n) is 10.7. The minimum Gasteiger partial charge on any atom is -0.455 e. The van der Waals surface area contributed by atoms with Gasteiger partial charge in [-0.15, -0.1) is 0 Å². The Balaban J connectivity index is 2.49. The molecule has 0 amide bonds. The first-order chi connectivity index (χ1) is 9.54. The number of benzene rings is 2. The van der Waals surface area contributed by atoms with Crippen LogP contribution in [-0.2, 0) is 0 Å². The number of hydrogen-bond acceptors (Lipinski definition) is 3. The number of ether oxygens (including phenoxy) is 1. The van der Waals surface area contributed by atoms with Crippen molar-refractivity contribution in [3.63, 3.8) is 0 Å². The summed E-state index contributed by atoms with van der Waals surface area (Å²) in [6.45, 7) is 1.61. The van der Waals surface area contributed by atoms with Gasteiger partial charge in [0.2, 0.25) is 0 Å². The third-order valence-corrected chi connectivity index (χ3v) is 2.78. The highest BCUT2D eigenvalue weighted by Crippen LogP contribution is 2.32. The fourth-order valence-electron chi connectivity index (χ4n) is 1.86. The van der Waals surface area contributed by atoms with E-state index in [0.29, 0.717) is 0 Å². The summed E-state index contributed by atoms with van der Waals surface area (Å²) >= 11 is 0. The molecule has 2 aromatic rings. The van der Waals surface area contributed by atoms with Crippen molar-refractivity contribution in [3.05, 3.63) is 59.2 Å². The van der Waals surface area contributed by atoms with Crippen LogP contribution in [0.3, 0.4) is 0 Å². The number of hydrogen-bond donors (Lipinski definition) is 1. The maximum absolute atomic E-state index is 13.8. The summed E-state index contributed by atoms with van der Waals surface area (Å²) < 4.78 is 32.7. The van der Waals surface area contributed by atoms with Crippen molar-refractivity contribution in [1.82, 2.24) is 0 Å². The first-order valence-corrected chi connectivity index (χ1v) is 5.95. The summed E-state index contributed by atoms with van der Waals surface area (Å²) in [6, 6.07) is 9.39. The molecule has 0 aromatic heterocycles. The van der Waals surface area contributed by atoms with Crippen LogP contribution >= 0.6 is 0 Å². The number of nitrogens with zero attached hydrogens (tertiary/aromatic N) is 1. The number of rotatable bonds is 3. The molecule has 1 atom stereocenters. The molecule has 0 saturated carbocycles. The zero-order chi connectivity index (χ0) is 14.7. The second kappa shape index (κ2) is 5.68. The maximum Gasteiger partial charge on any atom is 0.148 e. The van der Waals surface area contributed by atoms with Gasteiger partial charge in [0.25, 0.3) is 0 Å². The summed E-state index contributed by atoms with van der Waals surface area (Å²) in [4.78, 5) is 0. The van der Waals surface area contributed by atoms with Gasteiger partial charge in [-0.3, -0.25) is 0 Å². The Morgan fingerprint density at radius 2 is 1.70 bits per heavy atom. The van der Waals surface area contributed by atoms with Crippen molar-refractivity contribution >= 4 is 0 Å².